The summed E-state index contributed by atoms with van der Waals surface area (Å²) in [6.45, 7) is 1.86. The first kappa shape index (κ1) is 22.4. The van der Waals surface area contributed by atoms with E-state index in [1.54, 1.807) is 44.4 Å². The highest BCUT2D eigenvalue weighted by molar-refractivity contribution is 6.03. The van der Waals surface area contributed by atoms with Crippen LogP contribution in [0, 0.1) is 12.8 Å². The third-order valence-electron chi connectivity index (χ3n) is 5.38. The van der Waals surface area contributed by atoms with E-state index < -0.39 is 23.6 Å². The first-order chi connectivity index (χ1) is 15.7. The largest absolute Gasteiger partial charge is 0.497 e. The zero-order valence-electron chi connectivity index (χ0n) is 17.9. The molecule has 1 fully saturated rings. The standard InChI is InChI=1S/C23H21F3N4O3/c1-14-10-20(30(28-14)18-5-3-4-16(12-18)23(24,25)26)27-22(32)15-11-21(31)29(13-15)17-6-8-19(33-2)9-7-17/h3-10,12,15H,11,13H2,1-2H3,(H,27,32). The van der Waals surface area contributed by atoms with E-state index in [4.69, 9.17) is 4.74 Å². The summed E-state index contributed by atoms with van der Waals surface area (Å²) in [5.74, 6) is -0.342. The number of carbonyl (C=O) groups excluding carboxylic acids is 2. The summed E-state index contributed by atoms with van der Waals surface area (Å²) in [6, 6.07) is 13.2. The fourth-order valence-corrected chi connectivity index (χ4v) is 3.72. The monoisotopic (exact) mass is 458 g/mol. The van der Waals surface area contributed by atoms with Gasteiger partial charge in [0.2, 0.25) is 11.8 Å². The third kappa shape index (κ3) is 4.69. The summed E-state index contributed by atoms with van der Waals surface area (Å²) < 4.78 is 45.7. The molecule has 0 radical (unpaired) electrons. The molecule has 1 aromatic heterocycles. The number of halogens is 3. The van der Waals surface area contributed by atoms with Crippen molar-refractivity contribution in [1.82, 2.24) is 9.78 Å². The van der Waals surface area contributed by atoms with Crippen LogP contribution in [0.3, 0.4) is 0 Å². The number of carbonyl (C=O) groups is 2. The van der Waals surface area contributed by atoms with Crippen molar-refractivity contribution in [3.05, 3.63) is 65.9 Å². The summed E-state index contributed by atoms with van der Waals surface area (Å²) in [4.78, 5) is 27.0. The highest BCUT2D eigenvalue weighted by Crippen LogP contribution is 2.31. The first-order valence-corrected chi connectivity index (χ1v) is 10.2. The molecule has 1 unspecified atom stereocenters. The Morgan fingerprint density at radius 1 is 1.12 bits per heavy atom. The first-order valence-electron chi connectivity index (χ1n) is 10.2. The lowest BCUT2D eigenvalue weighted by Crippen LogP contribution is -2.28. The van der Waals surface area contributed by atoms with Gasteiger partial charge in [-0.15, -0.1) is 0 Å². The van der Waals surface area contributed by atoms with Crippen LogP contribution >= 0.6 is 0 Å². The molecule has 0 bridgehead atoms. The number of alkyl halides is 3. The van der Waals surface area contributed by atoms with Crippen LogP contribution in [-0.2, 0) is 15.8 Å². The number of amides is 2. The van der Waals surface area contributed by atoms with Gasteiger partial charge in [0.05, 0.1) is 30.0 Å². The molecule has 1 N–H and O–H groups in total. The third-order valence-corrected chi connectivity index (χ3v) is 5.38. The van der Waals surface area contributed by atoms with Gasteiger partial charge >= 0.3 is 6.18 Å². The Hall–Kier alpha value is -3.82. The van der Waals surface area contributed by atoms with Crippen molar-refractivity contribution in [2.24, 2.45) is 5.92 Å². The normalized spacial score (nSPS) is 16.2. The highest BCUT2D eigenvalue weighted by atomic mass is 19.4. The SMILES string of the molecule is COc1ccc(N2CC(C(=O)Nc3cc(C)nn3-c3cccc(C(F)(F)F)c3)CC2=O)cc1. The van der Waals surface area contributed by atoms with Crippen molar-refractivity contribution in [3.8, 4) is 11.4 Å². The summed E-state index contributed by atoms with van der Waals surface area (Å²) in [5, 5.41) is 6.95. The van der Waals surface area contributed by atoms with E-state index in [1.807, 2.05) is 0 Å². The number of nitrogens with one attached hydrogen (secondary N) is 1. The van der Waals surface area contributed by atoms with Gasteiger partial charge in [0, 0.05) is 24.7 Å². The lowest BCUT2D eigenvalue weighted by molar-refractivity contribution is -0.137. The van der Waals surface area contributed by atoms with Crippen molar-refractivity contribution in [3.63, 3.8) is 0 Å². The molecule has 0 aliphatic carbocycles. The highest BCUT2D eigenvalue weighted by Gasteiger charge is 2.36. The second kappa shape index (κ2) is 8.61. The van der Waals surface area contributed by atoms with Crippen molar-refractivity contribution in [1.29, 1.82) is 0 Å². The Labute approximate surface area is 187 Å². The number of aryl methyl sites for hydroxylation is 1. The van der Waals surface area contributed by atoms with Gasteiger partial charge in [-0.1, -0.05) is 6.07 Å². The molecule has 33 heavy (non-hydrogen) atoms. The Morgan fingerprint density at radius 2 is 1.85 bits per heavy atom. The van der Waals surface area contributed by atoms with Gasteiger partial charge in [0.1, 0.15) is 11.6 Å². The maximum Gasteiger partial charge on any atom is 0.416 e. The number of hydrogen-bond acceptors (Lipinski definition) is 4. The molecule has 1 saturated heterocycles. The molecule has 2 heterocycles. The van der Waals surface area contributed by atoms with Gasteiger partial charge in [0.15, 0.2) is 0 Å². The Bertz CT molecular complexity index is 1190. The molecular formula is C23H21F3N4O3. The van der Waals surface area contributed by atoms with Gasteiger partial charge in [-0.3, -0.25) is 9.59 Å². The Kier molecular flexibility index (Phi) is 5.84. The smallest absolute Gasteiger partial charge is 0.416 e. The zero-order valence-corrected chi connectivity index (χ0v) is 17.9. The quantitative estimate of drug-likeness (QED) is 0.622. The molecule has 10 heteroatoms. The van der Waals surface area contributed by atoms with E-state index in [0.29, 0.717) is 17.1 Å². The summed E-state index contributed by atoms with van der Waals surface area (Å²) in [6.07, 6.45) is -4.48. The van der Waals surface area contributed by atoms with Crippen LogP contribution in [0.15, 0.2) is 54.6 Å². The van der Waals surface area contributed by atoms with Crippen LogP contribution in [-0.4, -0.2) is 35.2 Å². The van der Waals surface area contributed by atoms with Crippen LogP contribution in [0.2, 0.25) is 0 Å². The number of benzene rings is 2. The predicted octanol–water partition coefficient (Wildman–Crippen LogP) is 4.20. The molecular weight excluding hydrogens is 437 g/mol. The fourth-order valence-electron chi connectivity index (χ4n) is 3.72. The minimum Gasteiger partial charge on any atom is -0.497 e. The van der Waals surface area contributed by atoms with Gasteiger partial charge in [0.25, 0.3) is 0 Å². The zero-order chi connectivity index (χ0) is 23.8. The number of aromatic nitrogens is 2. The van der Waals surface area contributed by atoms with E-state index >= 15 is 0 Å². The van der Waals surface area contributed by atoms with Crippen LogP contribution in [0.4, 0.5) is 24.7 Å². The minimum atomic E-state index is -4.50. The second-order valence-corrected chi connectivity index (χ2v) is 7.72. The summed E-state index contributed by atoms with van der Waals surface area (Å²) in [7, 11) is 1.54. The lowest BCUT2D eigenvalue weighted by atomic mass is 10.1. The minimum absolute atomic E-state index is 0.0224. The molecule has 0 spiro atoms. The molecule has 0 saturated carbocycles. The molecule has 1 atom stereocenters. The van der Waals surface area contributed by atoms with Crippen LogP contribution in [0.25, 0.3) is 5.69 Å². The number of nitrogens with zero attached hydrogens (tertiary/aromatic N) is 3. The summed E-state index contributed by atoms with van der Waals surface area (Å²) in [5.41, 5.74) is 0.517. The van der Waals surface area contributed by atoms with Gasteiger partial charge < -0.3 is 15.0 Å². The maximum absolute atomic E-state index is 13.1. The average Bonchev–Trinajstić information content (AvgIpc) is 3.35. The van der Waals surface area contributed by atoms with E-state index in [0.717, 1.165) is 12.1 Å². The van der Waals surface area contributed by atoms with Crippen molar-refractivity contribution in [2.75, 3.05) is 23.9 Å². The van der Waals surface area contributed by atoms with Crippen molar-refractivity contribution >= 4 is 23.3 Å². The van der Waals surface area contributed by atoms with Crippen molar-refractivity contribution in [2.45, 2.75) is 19.5 Å². The summed E-state index contributed by atoms with van der Waals surface area (Å²) >= 11 is 0. The topological polar surface area (TPSA) is 76.5 Å². The molecule has 1 aliphatic rings. The molecule has 1 aliphatic heterocycles. The number of methoxy groups -OCH3 is 1. The number of rotatable bonds is 5. The van der Waals surface area contributed by atoms with E-state index in [1.165, 1.54) is 21.7 Å². The van der Waals surface area contributed by atoms with E-state index in [-0.39, 0.29) is 30.4 Å². The molecule has 7 nitrogen and oxygen atoms in total. The van der Waals surface area contributed by atoms with Gasteiger partial charge in [-0.25, -0.2) is 4.68 Å². The fraction of sp³-hybridized carbons (Fsp3) is 0.261. The van der Waals surface area contributed by atoms with Gasteiger partial charge in [-0.05, 0) is 49.4 Å². The molecule has 2 aromatic carbocycles. The molecule has 172 valence electrons. The predicted molar refractivity (Wildman–Crippen MR) is 115 cm³/mol. The number of anilines is 2. The Morgan fingerprint density at radius 3 is 2.52 bits per heavy atom. The average molecular weight is 458 g/mol. The second-order valence-electron chi connectivity index (χ2n) is 7.72. The lowest BCUT2D eigenvalue weighted by Gasteiger charge is -2.17. The van der Waals surface area contributed by atoms with Crippen LogP contribution in [0.1, 0.15) is 17.7 Å². The number of ether oxygens (including phenoxy) is 1. The van der Waals surface area contributed by atoms with Gasteiger partial charge in [-0.2, -0.15) is 18.3 Å². The molecule has 3 aromatic rings. The van der Waals surface area contributed by atoms with E-state index in [9.17, 15) is 22.8 Å². The number of hydrogen-bond donors (Lipinski definition) is 1. The van der Waals surface area contributed by atoms with Crippen molar-refractivity contribution < 1.29 is 27.5 Å². The molecule has 4 rings (SSSR count). The molecule has 2 amide bonds. The van der Waals surface area contributed by atoms with Crippen LogP contribution < -0.4 is 15.0 Å². The Balaban J connectivity index is 1.52. The van der Waals surface area contributed by atoms with E-state index in [2.05, 4.69) is 10.4 Å². The maximum atomic E-state index is 13.1. The van der Waals surface area contributed by atoms with Crippen LogP contribution in [0.5, 0.6) is 5.75 Å².